The van der Waals surface area contributed by atoms with Crippen LogP contribution in [0.1, 0.15) is 38.2 Å². The highest BCUT2D eigenvalue weighted by molar-refractivity contribution is 7.80. The summed E-state index contributed by atoms with van der Waals surface area (Å²) in [5.74, 6) is 0.906. The summed E-state index contributed by atoms with van der Waals surface area (Å²) < 4.78 is 0. The maximum atomic E-state index is 9.19. The van der Waals surface area contributed by atoms with Gasteiger partial charge in [-0.3, -0.25) is 5.43 Å². The number of nitrogens with one attached hydrogen (secondary N) is 2. The van der Waals surface area contributed by atoms with E-state index in [9.17, 15) is 5.11 Å². The Kier molecular flexibility index (Phi) is 5.35. The lowest BCUT2D eigenvalue weighted by Crippen LogP contribution is -2.44. The zero-order valence-electron chi connectivity index (χ0n) is 11.7. The van der Waals surface area contributed by atoms with E-state index in [-0.39, 0.29) is 5.75 Å². The molecule has 0 aromatic heterocycles. The Morgan fingerprint density at radius 3 is 2.70 bits per heavy atom. The van der Waals surface area contributed by atoms with E-state index in [1.165, 1.54) is 25.7 Å². The molecule has 0 unspecified atom stereocenters. The van der Waals surface area contributed by atoms with Gasteiger partial charge in [-0.2, -0.15) is 5.10 Å². The Morgan fingerprint density at radius 1 is 1.30 bits per heavy atom. The highest BCUT2D eigenvalue weighted by Gasteiger charge is 2.21. The van der Waals surface area contributed by atoms with Crippen LogP contribution < -0.4 is 10.7 Å². The van der Waals surface area contributed by atoms with Crippen LogP contribution in [0.2, 0.25) is 0 Å². The van der Waals surface area contributed by atoms with E-state index in [0.29, 0.717) is 17.1 Å². The average molecular weight is 291 g/mol. The van der Waals surface area contributed by atoms with Gasteiger partial charge >= 0.3 is 0 Å². The molecule has 0 heterocycles. The van der Waals surface area contributed by atoms with E-state index < -0.39 is 0 Å². The Bertz CT molecular complexity index is 473. The first kappa shape index (κ1) is 14.8. The van der Waals surface area contributed by atoms with E-state index in [0.717, 1.165) is 5.56 Å². The number of thiocarbonyl (C=S) groups is 1. The number of nitrogens with zero attached hydrogens (tertiary/aromatic N) is 1. The predicted octanol–water partition coefficient (Wildman–Crippen LogP) is 2.77. The molecule has 3 N–H and O–H groups in total. The van der Waals surface area contributed by atoms with Crippen LogP contribution in [0.3, 0.4) is 0 Å². The second kappa shape index (κ2) is 7.24. The van der Waals surface area contributed by atoms with Crippen molar-refractivity contribution < 1.29 is 5.11 Å². The van der Waals surface area contributed by atoms with Crippen LogP contribution in [0.4, 0.5) is 0 Å². The molecule has 0 bridgehead atoms. The van der Waals surface area contributed by atoms with E-state index in [1.807, 2.05) is 0 Å². The summed E-state index contributed by atoms with van der Waals surface area (Å²) in [6.07, 6.45) is 6.69. The average Bonchev–Trinajstić information content (AvgIpc) is 2.44. The molecule has 1 fully saturated rings. The van der Waals surface area contributed by atoms with Crippen LogP contribution in [-0.2, 0) is 0 Å². The first-order chi connectivity index (χ1) is 9.65. The third-order valence-corrected chi connectivity index (χ3v) is 3.91. The molecule has 0 aliphatic heterocycles. The summed E-state index contributed by atoms with van der Waals surface area (Å²) in [6.45, 7) is 2.26. The third-order valence-electron chi connectivity index (χ3n) is 3.70. The van der Waals surface area contributed by atoms with Crippen molar-refractivity contribution in [2.24, 2.45) is 11.0 Å². The van der Waals surface area contributed by atoms with Gasteiger partial charge < -0.3 is 10.4 Å². The molecule has 1 aromatic carbocycles. The summed E-state index contributed by atoms with van der Waals surface area (Å²) in [4.78, 5) is 0. The van der Waals surface area contributed by atoms with Gasteiger partial charge in [0.1, 0.15) is 5.75 Å². The molecule has 1 aliphatic rings. The second-order valence-corrected chi connectivity index (χ2v) is 5.71. The largest absolute Gasteiger partial charge is 0.508 e. The fourth-order valence-electron chi connectivity index (χ4n) is 2.46. The summed E-state index contributed by atoms with van der Waals surface area (Å²) in [5.41, 5.74) is 3.75. The molecule has 20 heavy (non-hydrogen) atoms. The second-order valence-electron chi connectivity index (χ2n) is 5.30. The normalized spacial score (nSPS) is 22.6. The van der Waals surface area contributed by atoms with E-state index in [4.69, 9.17) is 12.2 Å². The molecule has 0 amide bonds. The molecule has 2 rings (SSSR count). The summed E-state index contributed by atoms with van der Waals surface area (Å²) in [7, 11) is 0. The SMILES string of the molecule is C[C@@H]1CCCC[C@H]1NC(=S)N/N=C/c1ccc(O)cc1. The maximum Gasteiger partial charge on any atom is 0.187 e. The smallest absolute Gasteiger partial charge is 0.187 e. The van der Waals surface area contributed by atoms with Gasteiger partial charge in [0.15, 0.2) is 5.11 Å². The van der Waals surface area contributed by atoms with Crippen molar-refractivity contribution in [1.82, 2.24) is 10.7 Å². The van der Waals surface area contributed by atoms with Gasteiger partial charge in [-0.1, -0.05) is 19.8 Å². The van der Waals surface area contributed by atoms with E-state index in [1.54, 1.807) is 30.5 Å². The van der Waals surface area contributed by atoms with Crippen LogP contribution >= 0.6 is 12.2 Å². The first-order valence-corrected chi connectivity index (χ1v) is 7.44. The standard InChI is InChI=1S/C15H21N3OS/c1-11-4-2-3-5-14(11)17-15(20)18-16-10-12-6-8-13(19)9-7-12/h6-11,14,19H,2-5H2,1H3,(H2,17,18,20)/b16-10+/t11-,14-/m1/s1. The summed E-state index contributed by atoms with van der Waals surface area (Å²) >= 11 is 5.25. The molecule has 1 aliphatic carbocycles. The molecule has 1 saturated carbocycles. The molecule has 2 atom stereocenters. The molecule has 0 spiro atoms. The molecule has 0 radical (unpaired) electrons. The number of hydrogen-bond acceptors (Lipinski definition) is 3. The van der Waals surface area contributed by atoms with Crippen molar-refractivity contribution in [3.05, 3.63) is 29.8 Å². The lowest BCUT2D eigenvalue weighted by molar-refractivity contribution is 0.308. The molecule has 4 nitrogen and oxygen atoms in total. The van der Waals surface area contributed by atoms with Crippen molar-refractivity contribution in [2.45, 2.75) is 38.6 Å². The topological polar surface area (TPSA) is 56.7 Å². The zero-order valence-corrected chi connectivity index (χ0v) is 12.5. The predicted molar refractivity (Wildman–Crippen MR) is 86.0 cm³/mol. The minimum atomic E-state index is 0.249. The Hall–Kier alpha value is -1.62. The minimum Gasteiger partial charge on any atom is -0.508 e. The highest BCUT2D eigenvalue weighted by atomic mass is 32.1. The summed E-state index contributed by atoms with van der Waals surface area (Å²) in [6, 6.07) is 7.29. The van der Waals surface area contributed by atoms with Gasteiger partial charge in [-0.05, 0) is 60.8 Å². The van der Waals surface area contributed by atoms with Crippen LogP contribution in [0.25, 0.3) is 0 Å². The highest BCUT2D eigenvalue weighted by Crippen LogP contribution is 2.23. The molecule has 0 saturated heterocycles. The van der Waals surface area contributed by atoms with Gasteiger partial charge in [0.05, 0.1) is 6.21 Å². The molecular weight excluding hydrogens is 270 g/mol. The van der Waals surface area contributed by atoms with Gasteiger partial charge in [-0.15, -0.1) is 0 Å². The number of hydrazone groups is 1. The minimum absolute atomic E-state index is 0.249. The van der Waals surface area contributed by atoms with Crippen LogP contribution in [-0.4, -0.2) is 22.5 Å². The van der Waals surface area contributed by atoms with Gasteiger partial charge in [0.2, 0.25) is 0 Å². The Morgan fingerprint density at radius 2 is 2.00 bits per heavy atom. The molecular formula is C15H21N3OS. The Balaban J connectivity index is 1.78. The number of hydrogen-bond donors (Lipinski definition) is 3. The number of phenols is 1. The number of aromatic hydroxyl groups is 1. The monoisotopic (exact) mass is 291 g/mol. The van der Waals surface area contributed by atoms with E-state index >= 15 is 0 Å². The summed E-state index contributed by atoms with van der Waals surface area (Å²) in [5, 5.41) is 17.2. The fourth-order valence-corrected chi connectivity index (χ4v) is 2.66. The quantitative estimate of drug-likeness (QED) is 0.455. The third kappa shape index (κ3) is 4.49. The molecule has 1 aromatic rings. The van der Waals surface area contributed by atoms with Crippen molar-refractivity contribution in [1.29, 1.82) is 0 Å². The van der Waals surface area contributed by atoms with Crippen LogP contribution in [0.15, 0.2) is 29.4 Å². The van der Waals surface area contributed by atoms with E-state index in [2.05, 4.69) is 22.8 Å². The maximum absolute atomic E-state index is 9.19. The first-order valence-electron chi connectivity index (χ1n) is 7.04. The zero-order chi connectivity index (χ0) is 14.4. The molecule has 108 valence electrons. The Labute approximate surface area is 125 Å². The van der Waals surface area contributed by atoms with Crippen LogP contribution in [0, 0.1) is 5.92 Å². The van der Waals surface area contributed by atoms with Crippen molar-refractivity contribution >= 4 is 23.5 Å². The lowest BCUT2D eigenvalue weighted by Gasteiger charge is -2.30. The van der Waals surface area contributed by atoms with Crippen molar-refractivity contribution in [2.75, 3.05) is 0 Å². The van der Waals surface area contributed by atoms with Gasteiger partial charge in [0, 0.05) is 6.04 Å². The van der Waals surface area contributed by atoms with Crippen LogP contribution in [0.5, 0.6) is 5.75 Å². The fraction of sp³-hybridized carbons (Fsp3) is 0.467. The van der Waals surface area contributed by atoms with Crippen molar-refractivity contribution in [3.63, 3.8) is 0 Å². The van der Waals surface area contributed by atoms with Crippen molar-refractivity contribution in [3.8, 4) is 5.75 Å². The number of benzene rings is 1. The van der Waals surface area contributed by atoms with Gasteiger partial charge in [-0.25, -0.2) is 0 Å². The lowest BCUT2D eigenvalue weighted by atomic mass is 9.86. The van der Waals surface area contributed by atoms with Gasteiger partial charge in [0.25, 0.3) is 0 Å². The number of rotatable bonds is 3. The number of phenolic OH excluding ortho intramolecular Hbond substituents is 1. The molecule has 5 heteroatoms.